The number of carbonyl (C=O) groups is 2. The van der Waals surface area contributed by atoms with Crippen molar-refractivity contribution in [2.45, 2.75) is 25.4 Å². The molecule has 0 saturated carbocycles. The van der Waals surface area contributed by atoms with E-state index in [4.69, 9.17) is 9.47 Å². The zero-order chi connectivity index (χ0) is 17.4. The van der Waals surface area contributed by atoms with Crippen LogP contribution in [0, 0.1) is 0 Å². The third kappa shape index (κ3) is 2.29. The minimum Gasteiger partial charge on any atom is -0.491 e. The van der Waals surface area contributed by atoms with Crippen molar-refractivity contribution in [3.63, 3.8) is 0 Å². The maximum absolute atomic E-state index is 12.9. The molecule has 0 spiro atoms. The second-order valence-electron chi connectivity index (χ2n) is 5.74. The van der Waals surface area contributed by atoms with Crippen LogP contribution < -0.4 is 10.2 Å². The van der Waals surface area contributed by atoms with Gasteiger partial charge in [0.05, 0.1) is 32.9 Å². The minimum atomic E-state index is -0.748. The zero-order valence-corrected chi connectivity index (χ0v) is 13.9. The Kier molecular flexibility index (Phi) is 4.31. The predicted molar refractivity (Wildman–Crippen MR) is 83.6 cm³/mol. The molecule has 0 aliphatic carbocycles. The topological polar surface area (TPSA) is 87.1 Å². The first-order chi connectivity index (χ1) is 11.5. The molecule has 0 N–H and O–H groups in total. The van der Waals surface area contributed by atoms with E-state index in [1.807, 2.05) is 6.92 Å². The van der Waals surface area contributed by atoms with E-state index in [2.05, 4.69) is 4.74 Å². The van der Waals surface area contributed by atoms with Crippen molar-refractivity contribution in [2.24, 2.45) is 0 Å². The van der Waals surface area contributed by atoms with Crippen molar-refractivity contribution in [3.05, 3.63) is 27.7 Å². The van der Waals surface area contributed by atoms with E-state index >= 15 is 0 Å². The van der Waals surface area contributed by atoms with Crippen LogP contribution in [0.5, 0.6) is 5.75 Å². The van der Waals surface area contributed by atoms with Gasteiger partial charge < -0.3 is 23.7 Å². The van der Waals surface area contributed by atoms with Crippen molar-refractivity contribution in [2.75, 3.05) is 34.0 Å². The number of likely N-dealkylation sites (N-methyl/N-ethyl adjacent to an activating group) is 1. The molecule has 0 radical (unpaired) electrons. The first-order valence-corrected chi connectivity index (χ1v) is 7.85. The average molecular weight is 336 g/mol. The second-order valence-corrected chi connectivity index (χ2v) is 5.74. The highest BCUT2D eigenvalue weighted by molar-refractivity contribution is 5.98. The molecule has 1 aromatic heterocycles. The molecule has 130 valence electrons. The van der Waals surface area contributed by atoms with Gasteiger partial charge in [-0.05, 0) is 13.3 Å². The van der Waals surface area contributed by atoms with Gasteiger partial charge in [0.1, 0.15) is 5.56 Å². The number of hydrogen-bond acceptors (Lipinski definition) is 6. The Hall–Kier alpha value is -2.35. The summed E-state index contributed by atoms with van der Waals surface area (Å²) < 4.78 is 17.1. The van der Waals surface area contributed by atoms with Gasteiger partial charge in [0, 0.05) is 19.3 Å². The van der Waals surface area contributed by atoms with Crippen LogP contribution in [0.1, 0.15) is 40.2 Å². The van der Waals surface area contributed by atoms with Crippen LogP contribution in [0.4, 0.5) is 0 Å². The van der Waals surface area contributed by atoms with Crippen molar-refractivity contribution in [1.29, 1.82) is 0 Å². The van der Waals surface area contributed by atoms with Crippen molar-refractivity contribution in [3.8, 4) is 5.75 Å². The summed E-state index contributed by atoms with van der Waals surface area (Å²) in [6.45, 7) is 3.35. The fraction of sp³-hybridized carbons (Fsp3) is 0.562. The number of esters is 1. The van der Waals surface area contributed by atoms with Crippen molar-refractivity contribution < 1.29 is 23.8 Å². The first kappa shape index (κ1) is 16.5. The monoisotopic (exact) mass is 336 g/mol. The van der Waals surface area contributed by atoms with Gasteiger partial charge >= 0.3 is 5.97 Å². The highest BCUT2D eigenvalue weighted by atomic mass is 16.5. The Morgan fingerprint density at radius 3 is 2.71 bits per heavy atom. The maximum Gasteiger partial charge on any atom is 0.343 e. The largest absolute Gasteiger partial charge is 0.491 e. The van der Waals surface area contributed by atoms with Crippen LogP contribution in [0.25, 0.3) is 0 Å². The first-order valence-electron chi connectivity index (χ1n) is 7.85. The SMILES string of the molecule is CCN1C(=O)c2c(OC)c(=O)c(C(=O)OC)cn2[C@H]2CCOC[C@H]21. The molecule has 8 nitrogen and oxygen atoms in total. The van der Waals surface area contributed by atoms with Crippen LogP contribution in [0.2, 0.25) is 0 Å². The van der Waals surface area contributed by atoms with E-state index in [9.17, 15) is 14.4 Å². The van der Waals surface area contributed by atoms with Crippen LogP contribution in [-0.4, -0.2) is 61.4 Å². The van der Waals surface area contributed by atoms with Crippen molar-refractivity contribution >= 4 is 11.9 Å². The molecule has 0 aromatic carbocycles. The van der Waals surface area contributed by atoms with Gasteiger partial charge in [0.15, 0.2) is 11.4 Å². The molecule has 0 bridgehead atoms. The van der Waals surface area contributed by atoms with Gasteiger partial charge in [-0.15, -0.1) is 0 Å². The molecular formula is C16H20N2O6. The number of carbonyl (C=O) groups excluding carboxylic acids is 2. The second kappa shape index (κ2) is 6.27. The summed E-state index contributed by atoms with van der Waals surface area (Å²) >= 11 is 0. The molecule has 8 heteroatoms. The van der Waals surface area contributed by atoms with E-state index in [0.717, 1.165) is 0 Å². The third-order valence-electron chi connectivity index (χ3n) is 4.65. The molecule has 2 aliphatic rings. The maximum atomic E-state index is 12.9. The van der Waals surface area contributed by atoms with E-state index in [-0.39, 0.29) is 35.0 Å². The smallest absolute Gasteiger partial charge is 0.343 e. The number of rotatable bonds is 3. The minimum absolute atomic E-state index is 0.0793. The number of nitrogens with zero attached hydrogens (tertiary/aromatic N) is 2. The summed E-state index contributed by atoms with van der Waals surface area (Å²) in [5.74, 6) is -1.16. The fourth-order valence-electron chi connectivity index (χ4n) is 3.52. The summed E-state index contributed by atoms with van der Waals surface area (Å²) in [4.78, 5) is 39.1. The summed E-state index contributed by atoms with van der Waals surface area (Å²) in [5, 5.41) is 0. The summed E-state index contributed by atoms with van der Waals surface area (Å²) in [5.41, 5.74) is -0.591. The summed E-state index contributed by atoms with van der Waals surface area (Å²) in [6, 6.07) is -0.217. The average Bonchev–Trinajstić information content (AvgIpc) is 2.61. The molecular weight excluding hydrogens is 316 g/mol. The number of methoxy groups -OCH3 is 2. The Morgan fingerprint density at radius 1 is 1.33 bits per heavy atom. The zero-order valence-electron chi connectivity index (χ0n) is 13.9. The van der Waals surface area contributed by atoms with Gasteiger partial charge in [-0.2, -0.15) is 0 Å². The Bertz CT molecular complexity index is 741. The normalized spacial score (nSPS) is 22.6. The molecule has 1 aromatic rings. The Morgan fingerprint density at radius 2 is 2.08 bits per heavy atom. The van der Waals surface area contributed by atoms with Gasteiger partial charge in [0.2, 0.25) is 5.43 Å². The predicted octanol–water partition coefficient (Wildman–Crippen LogP) is 0.449. The lowest BCUT2D eigenvalue weighted by molar-refractivity contribution is -0.0176. The number of fused-ring (bicyclic) bond motifs is 3. The van der Waals surface area contributed by atoms with Crippen LogP contribution in [0.15, 0.2) is 11.0 Å². The number of ether oxygens (including phenoxy) is 3. The Labute approximate surface area is 138 Å². The lowest BCUT2D eigenvalue weighted by Crippen LogP contribution is -2.55. The standard InChI is InChI=1S/C16H20N2O6/c1-4-17-11-8-24-6-5-10(11)18-7-9(16(21)23-3)13(19)14(22-2)12(18)15(17)20/h7,10-11H,4-6,8H2,1-3H3/t10-,11+/m0/s1. The van der Waals surface area contributed by atoms with E-state index in [1.165, 1.54) is 20.4 Å². The van der Waals surface area contributed by atoms with Crippen LogP contribution >= 0.6 is 0 Å². The van der Waals surface area contributed by atoms with Crippen molar-refractivity contribution in [1.82, 2.24) is 9.47 Å². The highest BCUT2D eigenvalue weighted by Crippen LogP contribution is 2.35. The number of aromatic nitrogens is 1. The quantitative estimate of drug-likeness (QED) is 0.745. The molecule has 3 heterocycles. The molecule has 1 amide bonds. The van der Waals surface area contributed by atoms with Gasteiger partial charge in [0.25, 0.3) is 5.91 Å². The van der Waals surface area contributed by atoms with E-state index in [1.54, 1.807) is 9.47 Å². The van der Waals surface area contributed by atoms with Gasteiger partial charge in [-0.25, -0.2) is 4.79 Å². The molecule has 24 heavy (non-hydrogen) atoms. The molecule has 3 rings (SSSR count). The lowest BCUT2D eigenvalue weighted by atomic mass is 9.96. The molecule has 1 fully saturated rings. The van der Waals surface area contributed by atoms with Gasteiger partial charge in [-0.1, -0.05) is 0 Å². The lowest BCUT2D eigenvalue weighted by Gasteiger charge is -2.45. The van der Waals surface area contributed by atoms with E-state index in [0.29, 0.717) is 26.2 Å². The molecule has 2 aliphatic heterocycles. The van der Waals surface area contributed by atoms with Gasteiger partial charge in [-0.3, -0.25) is 9.59 Å². The fourth-order valence-corrected chi connectivity index (χ4v) is 3.52. The Balaban J connectivity index is 2.27. The van der Waals surface area contributed by atoms with E-state index < -0.39 is 11.4 Å². The molecule has 2 atom stereocenters. The van der Waals surface area contributed by atoms with Crippen LogP contribution in [-0.2, 0) is 9.47 Å². The molecule has 1 saturated heterocycles. The summed E-state index contributed by atoms with van der Waals surface area (Å²) in [6.07, 6.45) is 2.09. The molecule has 0 unspecified atom stereocenters. The number of pyridine rings is 1. The highest BCUT2D eigenvalue weighted by Gasteiger charge is 2.43. The summed E-state index contributed by atoms with van der Waals surface area (Å²) in [7, 11) is 2.53. The third-order valence-corrected chi connectivity index (χ3v) is 4.65. The number of hydrogen-bond donors (Lipinski definition) is 0. The number of amides is 1. The van der Waals surface area contributed by atoms with Crippen LogP contribution in [0.3, 0.4) is 0 Å².